The molecule has 0 aromatic heterocycles. The number of carbonyl (C=O) groups excluding carboxylic acids is 3. The maximum absolute atomic E-state index is 13.0. The van der Waals surface area contributed by atoms with Gasteiger partial charge in [-0.05, 0) is 25.0 Å². The van der Waals surface area contributed by atoms with Crippen LogP contribution < -0.4 is 9.80 Å². The molecule has 2 heterocycles. The van der Waals surface area contributed by atoms with Crippen LogP contribution in [-0.2, 0) is 19.0 Å². The van der Waals surface area contributed by atoms with Crippen LogP contribution in [-0.4, -0.2) is 44.6 Å². The largest absolute Gasteiger partial charge is 0.452 e. The van der Waals surface area contributed by atoms with E-state index in [0.717, 1.165) is 19.3 Å². The SMILES string of the molecule is COC(=O)N1c2ccccc2N(C(=O)OC)C2C1OC(=O)C21CCCCC1. The number of para-hydroxylation sites is 2. The van der Waals surface area contributed by atoms with E-state index >= 15 is 0 Å². The van der Waals surface area contributed by atoms with Gasteiger partial charge in [-0.25, -0.2) is 14.5 Å². The average molecular weight is 374 g/mol. The Balaban J connectivity index is 1.93. The highest BCUT2D eigenvalue weighted by atomic mass is 16.6. The number of anilines is 2. The molecule has 1 saturated heterocycles. The molecule has 8 heteroatoms. The summed E-state index contributed by atoms with van der Waals surface area (Å²) in [5.74, 6) is -0.368. The zero-order valence-electron chi connectivity index (χ0n) is 15.3. The molecule has 2 amide bonds. The molecule has 1 spiro atoms. The van der Waals surface area contributed by atoms with Crippen molar-refractivity contribution < 1.29 is 28.6 Å². The average Bonchev–Trinajstić information content (AvgIpc) is 2.97. The zero-order valence-corrected chi connectivity index (χ0v) is 15.3. The summed E-state index contributed by atoms with van der Waals surface area (Å²) in [5, 5.41) is 0. The molecule has 2 unspecified atom stereocenters. The van der Waals surface area contributed by atoms with Crippen molar-refractivity contribution in [3.63, 3.8) is 0 Å². The first-order chi connectivity index (χ1) is 13.0. The molecule has 27 heavy (non-hydrogen) atoms. The van der Waals surface area contributed by atoms with Gasteiger partial charge in [-0.1, -0.05) is 31.4 Å². The maximum Gasteiger partial charge on any atom is 0.417 e. The number of benzene rings is 1. The second-order valence-electron chi connectivity index (χ2n) is 7.13. The molecule has 2 atom stereocenters. The quantitative estimate of drug-likeness (QED) is 0.512. The Morgan fingerprint density at radius 3 is 2.15 bits per heavy atom. The Morgan fingerprint density at radius 2 is 1.56 bits per heavy atom. The molecule has 3 aliphatic rings. The van der Waals surface area contributed by atoms with Crippen LogP contribution >= 0.6 is 0 Å². The molecule has 144 valence electrons. The smallest absolute Gasteiger partial charge is 0.417 e. The Hall–Kier alpha value is -2.77. The van der Waals surface area contributed by atoms with Gasteiger partial charge in [0, 0.05) is 0 Å². The zero-order chi connectivity index (χ0) is 19.2. The number of rotatable bonds is 0. The maximum atomic E-state index is 13.0. The fourth-order valence-corrected chi connectivity index (χ4v) is 4.71. The third-order valence-electron chi connectivity index (χ3n) is 5.89. The van der Waals surface area contributed by atoms with Crippen molar-refractivity contribution in [2.75, 3.05) is 24.0 Å². The van der Waals surface area contributed by atoms with Gasteiger partial charge < -0.3 is 14.2 Å². The minimum atomic E-state index is -0.947. The topological polar surface area (TPSA) is 85.4 Å². The van der Waals surface area contributed by atoms with Gasteiger partial charge in [0.05, 0.1) is 31.0 Å². The number of fused-ring (bicyclic) bond motifs is 3. The Morgan fingerprint density at radius 1 is 1.00 bits per heavy atom. The lowest BCUT2D eigenvalue weighted by Gasteiger charge is -2.47. The molecule has 1 aliphatic carbocycles. The highest BCUT2D eigenvalue weighted by molar-refractivity contribution is 6.03. The lowest BCUT2D eigenvalue weighted by Crippen LogP contribution is -2.62. The van der Waals surface area contributed by atoms with Crippen LogP contribution in [0.4, 0.5) is 21.0 Å². The van der Waals surface area contributed by atoms with E-state index in [1.54, 1.807) is 24.3 Å². The van der Waals surface area contributed by atoms with Crippen LogP contribution in [0, 0.1) is 5.41 Å². The first-order valence-corrected chi connectivity index (χ1v) is 9.09. The fraction of sp³-hybridized carbons (Fsp3) is 0.526. The summed E-state index contributed by atoms with van der Waals surface area (Å²) in [6, 6.07) is 6.29. The van der Waals surface area contributed by atoms with Gasteiger partial charge >= 0.3 is 18.2 Å². The van der Waals surface area contributed by atoms with Crippen molar-refractivity contribution in [3.8, 4) is 0 Å². The summed E-state index contributed by atoms with van der Waals surface area (Å²) in [4.78, 5) is 41.1. The summed E-state index contributed by atoms with van der Waals surface area (Å²) in [5.41, 5.74) is 0.0904. The number of hydrogen-bond acceptors (Lipinski definition) is 6. The number of esters is 1. The Kier molecular flexibility index (Phi) is 4.20. The molecule has 2 fully saturated rings. The van der Waals surface area contributed by atoms with Crippen molar-refractivity contribution in [2.45, 2.75) is 44.4 Å². The minimum Gasteiger partial charge on any atom is -0.452 e. The number of methoxy groups -OCH3 is 2. The van der Waals surface area contributed by atoms with Crippen LogP contribution in [0.5, 0.6) is 0 Å². The van der Waals surface area contributed by atoms with Gasteiger partial charge in [-0.15, -0.1) is 0 Å². The van der Waals surface area contributed by atoms with Crippen LogP contribution in [0.1, 0.15) is 32.1 Å². The van der Waals surface area contributed by atoms with Crippen LogP contribution in [0.15, 0.2) is 24.3 Å². The highest BCUT2D eigenvalue weighted by Gasteiger charge is 2.65. The van der Waals surface area contributed by atoms with Crippen molar-refractivity contribution in [1.29, 1.82) is 0 Å². The van der Waals surface area contributed by atoms with Crippen molar-refractivity contribution >= 4 is 29.5 Å². The molecule has 4 rings (SSSR count). The van der Waals surface area contributed by atoms with E-state index in [2.05, 4.69) is 0 Å². The molecule has 0 bridgehead atoms. The van der Waals surface area contributed by atoms with E-state index in [-0.39, 0.29) is 5.97 Å². The van der Waals surface area contributed by atoms with Crippen LogP contribution in [0.25, 0.3) is 0 Å². The Labute approximate surface area is 157 Å². The molecule has 1 aromatic rings. The second-order valence-corrected chi connectivity index (χ2v) is 7.13. The van der Waals surface area contributed by atoms with E-state index in [0.29, 0.717) is 24.2 Å². The van der Waals surface area contributed by atoms with E-state index in [1.165, 1.54) is 24.0 Å². The van der Waals surface area contributed by atoms with Crippen molar-refractivity contribution in [2.24, 2.45) is 5.41 Å². The number of hydrogen-bond donors (Lipinski definition) is 0. The summed E-state index contributed by atoms with van der Waals surface area (Å²) in [7, 11) is 2.58. The van der Waals surface area contributed by atoms with Gasteiger partial charge in [-0.3, -0.25) is 9.69 Å². The lowest BCUT2D eigenvalue weighted by atomic mass is 9.68. The molecule has 0 radical (unpaired) electrons. The summed E-state index contributed by atoms with van der Waals surface area (Å²) in [6.45, 7) is 0. The number of ether oxygens (including phenoxy) is 3. The predicted octanol–water partition coefficient (Wildman–Crippen LogP) is 3.05. The normalized spacial score (nSPS) is 25.5. The number of carbonyl (C=O) groups is 3. The molecule has 8 nitrogen and oxygen atoms in total. The third kappa shape index (κ3) is 2.39. The van der Waals surface area contributed by atoms with Crippen LogP contribution in [0.3, 0.4) is 0 Å². The first-order valence-electron chi connectivity index (χ1n) is 9.09. The fourth-order valence-electron chi connectivity index (χ4n) is 4.71. The predicted molar refractivity (Wildman–Crippen MR) is 95.4 cm³/mol. The van der Waals surface area contributed by atoms with Gasteiger partial charge in [0.15, 0.2) is 0 Å². The molecule has 0 N–H and O–H groups in total. The summed E-state index contributed by atoms with van der Waals surface area (Å²) >= 11 is 0. The van der Waals surface area contributed by atoms with Gasteiger partial charge in [0.2, 0.25) is 6.23 Å². The standard InChI is InChI=1S/C19H22N2O6/c1-25-17(23)20-12-8-4-5-9-13(12)21(18(24)26-2)15-14(20)19(16(22)27-15)10-6-3-7-11-19/h4-5,8-9,14-15H,3,6-7,10-11H2,1-2H3. The second kappa shape index (κ2) is 6.44. The van der Waals surface area contributed by atoms with E-state index < -0.39 is 29.9 Å². The van der Waals surface area contributed by atoms with Gasteiger partial charge in [-0.2, -0.15) is 0 Å². The third-order valence-corrected chi connectivity index (χ3v) is 5.89. The molecule has 1 saturated carbocycles. The van der Waals surface area contributed by atoms with E-state index in [9.17, 15) is 14.4 Å². The molecular weight excluding hydrogens is 352 g/mol. The first kappa shape index (κ1) is 17.6. The highest BCUT2D eigenvalue weighted by Crippen LogP contribution is 2.54. The minimum absolute atomic E-state index is 0.368. The Bertz CT molecular complexity index is 788. The van der Waals surface area contributed by atoms with Gasteiger partial charge in [0.25, 0.3) is 0 Å². The van der Waals surface area contributed by atoms with E-state index in [4.69, 9.17) is 14.2 Å². The summed E-state index contributed by atoms with van der Waals surface area (Å²) < 4.78 is 15.7. The molecule has 2 aliphatic heterocycles. The molecule has 1 aromatic carbocycles. The lowest BCUT2D eigenvalue weighted by molar-refractivity contribution is -0.150. The number of nitrogens with zero attached hydrogens (tertiary/aromatic N) is 2. The van der Waals surface area contributed by atoms with E-state index in [1.807, 2.05) is 0 Å². The van der Waals surface area contributed by atoms with Crippen molar-refractivity contribution in [1.82, 2.24) is 0 Å². The van der Waals surface area contributed by atoms with Crippen molar-refractivity contribution in [3.05, 3.63) is 24.3 Å². The van der Waals surface area contributed by atoms with Crippen LogP contribution in [0.2, 0.25) is 0 Å². The molecular formula is C19H22N2O6. The monoisotopic (exact) mass is 374 g/mol. The summed E-state index contributed by atoms with van der Waals surface area (Å²) in [6.07, 6.45) is 1.82. The van der Waals surface area contributed by atoms with Gasteiger partial charge in [0.1, 0.15) is 6.04 Å². The number of amides is 2.